The molecule has 4 nitrogen and oxygen atoms in total. The highest BCUT2D eigenvalue weighted by atomic mass is 32.1. The zero-order chi connectivity index (χ0) is 11.3. The molecule has 2 atom stereocenters. The van der Waals surface area contributed by atoms with Gasteiger partial charge in [0.15, 0.2) is 0 Å². The number of carbonyl (C=O) groups is 1. The Hall–Kier alpha value is -0.940. The number of hydrogen-bond acceptors (Lipinski definition) is 4. The van der Waals surface area contributed by atoms with E-state index < -0.39 is 18.0 Å². The summed E-state index contributed by atoms with van der Waals surface area (Å²) >= 11 is 1.29. The van der Waals surface area contributed by atoms with Crippen molar-refractivity contribution in [3.63, 3.8) is 0 Å². The largest absolute Gasteiger partial charge is 0.481 e. The lowest BCUT2D eigenvalue weighted by atomic mass is 9.95. The molecule has 0 aliphatic heterocycles. The maximum atomic E-state index is 11.0. The molecule has 1 heterocycles. The number of carboxylic acid groups (broad SMARTS) is 1. The number of rotatable bonds is 6. The van der Waals surface area contributed by atoms with Gasteiger partial charge >= 0.3 is 5.97 Å². The number of hydrogen-bond donors (Lipinski definition) is 2. The smallest absolute Gasteiger partial charge is 0.309 e. The van der Waals surface area contributed by atoms with Crippen LogP contribution in [-0.4, -0.2) is 21.2 Å². The maximum Gasteiger partial charge on any atom is 0.309 e. The van der Waals surface area contributed by atoms with Crippen molar-refractivity contribution in [2.75, 3.05) is 0 Å². The Morgan fingerprint density at radius 2 is 2.40 bits per heavy atom. The van der Waals surface area contributed by atoms with Crippen LogP contribution in [0.25, 0.3) is 0 Å². The molecule has 0 fully saturated rings. The molecule has 84 valence electrons. The van der Waals surface area contributed by atoms with E-state index in [0.717, 1.165) is 12.8 Å². The summed E-state index contributed by atoms with van der Waals surface area (Å²) in [5, 5.41) is 18.8. The van der Waals surface area contributed by atoms with Crippen molar-refractivity contribution in [3.05, 3.63) is 16.6 Å². The van der Waals surface area contributed by atoms with E-state index in [2.05, 4.69) is 4.98 Å². The summed E-state index contributed by atoms with van der Waals surface area (Å²) in [5.74, 6) is -1.66. The number of aliphatic hydroxyl groups excluding tert-OH is 1. The van der Waals surface area contributed by atoms with E-state index in [0.29, 0.717) is 11.3 Å². The quantitative estimate of drug-likeness (QED) is 0.783. The molecule has 0 radical (unpaired) electrons. The minimum Gasteiger partial charge on any atom is -0.481 e. The average molecular weight is 229 g/mol. The molecule has 0 bridgehead atoms. The molecule has 1 aromatic heterocycles. The molecule has 0 saturated heterocycles. The van der Waals surface area contributed by atoms with E-state index in [4.69, 9.17) is 5.11 Å². The van der Waals surface area contributed by atoms with Gasteiger partial charge in [0.25, 0.3) is 0 Å². The third-order valence-corrected chi connectivity index (χ3v) is 3.16. The van der Waals surface area contributed by atoms with Crippen LogP contribution < -0.4 is 0 Å². The second kappa shape index (κ2) is 5.82. The van der Waals surface area contributed by atoms with Gasteiger partial charge in [0.05, 0.1) is 16.3 Å². The van der Waals surface area contributed by atoms with Crippen molar-refractivity contribution in [1.29, 1.82) is 0 Å². The second-order valence-corrected chi connectivity index (χ2v) is 4.35. The maximum absolute atomic E-state index is 11.0. The monoisotopic (exact) mass is 229 g/mol. The van der Waals surface area contributed by atoms with Crippen molar-refractivity contribution >= 4 is 17.3 Å². The van der Waals surface area contributed by atoms with Crippen LogP contribution >= 0.6 is 11.3 Å². The predicted molar refractivity (Wildman–Crippen MR) is 57.7 cm³/mol. The van der Waals surface area contributed by atoms with Crippen LogP contribution in [0.5, 0.6) is 0 Å². The Balaban J connectivity index is 2.67. The Bertz CT molecular complexity index is 300. The van der Waals surface area contributed by atoms with E-state index in [1.54, 1.807) is 5.51 Å². The SMILES string of the molecule is CCCCC(C(=O)O)C(O)c1cncs1. The lowest BCUT2D eigenvalue weighted by molar-refractivity contribution is -0.146. The van der Waals surface area contributed by atoms with Crippen molar-refractivity contribution in [3.8, 4) is 0 Å². The third-order valence-electron chi connectivity index (χ3n) is 2.31. The van der Waals surface area contributed by atoms with Crippen molar-refractivity contribution in [2.45, 2.75) is 32.3 Å². The lowest BCUT2D eigenvalue weighted by Crippen LogP contribution is -2.21. The van der Waals surface area contributed by atoms with Crippen LogP contribution in [0.15, 0.2) is 11.7 Å². The Kier molecular flexibility index (Phi) is 4.71. The first-order chi connectivity index (χ1) is 7.16. The first kappa shape index (κ1) is 12.1. The summed E-state index contributed by atoms with van der Waals surface area (Å²) in [5.41, 5.74) is 1.59. The fraction of sp³-hybridized carbons (Fsp3) is 0.600. The van der Waals surface area contributed by atoms with Gasteiger partial charge in [0.1, 0.15) is 6.10 Å². The van der Waals surface area contributed by atoms with E-state index in [1.807, 2.05) is 6.92 Å². The van der Waals surface area contributed by atoms with Crippen molar-refractivity contribution in [2.24, 2.45) is 5.92 Å². The minimum atomic E-state index is -0.940. The number of aliphatic hydroxyl groups is 1. The van der Waals surface area contributed by atoms with Gasteiger partial charge in [-0.25, -0.2) is 0 Å². The fourth-order valence-corrected chi connectivity index (χ4v) is 2.08. The Morgan fingerprint density at radius 1 is 1.67 bits per heavy atom. The summed E-state index contributed by atoms with van der Waals surface area (Å²) < 4.78 is 0. The van der Waals surface area contributed by atoms with Crippen molar-refractivity contribution in [1.82, 2.24) is 4.98 Å². The van der Waals surface area contributed by atoms with Gasteiger partial charge in [-0.3, -0.25) is 9.78 Å². The van der Waals surface area contributed by atoms with Gasteiger partial charge in [-0.05, 0) is 6.42 Å². The topological polar surface area (TPSA) is 70.4 Å². The summed E-state index contributed by atoms with van der Waals surface area (Å²) in [4.78, 5) is 15.4. The average Bonchev–Trinajstić information content (AvgIpc) is 2.70. The van der Waals surface area contributed by atoms with Gasteiger partial charge in [-0.15, -0.1) is 11.3 Å². The predicted octanol–water partition coefficient (Wildman–Crippen LogP) is 2.07. The molecule has 0 aliphatic rings. The molecule has 0 aliphatic carbocycles. The molecule has 5 heteroatoms. The standard InChI is InChI=1S/C10H15NO3S/c1-2-3-4-7(10(13)14)9(12)8-5-11-6-15-8/h5-7,9,12H,2-4H2,1H3,(H,13,14). The van der Waals surface area contributed by atoms with Crippen LogP contribution in [0.4, 0.5) is 0 Å². The van der Waals surface area contributed by atoms with Crippen LogP contribution in [0, 0.1) is 5.92 Å². The zero-order valence-electron chi connectivity index (χ0n) is 8.59. The molecule has 0 amide bonds. The van der Waals surface area contributed by atoms with Crippen molar-refractivity contribution < 1.29 is 15.0 Å². The molecular formula is C10H15NO3S. The van der Waals surface area contributed by atoms with E-state index in [-0.39, 0.29) is 0 Å². The lowest BCUT2D eigenvalue weighted by Gasteiger charge is -2.17. The van der Waals surface area contributed by atoms with Crippen LogP contribution in [0.1, 0.15) is 37.2 Å². The molecule has 0 spiro atoms. The molecule has 15 heavy (non-hydrogen) atoms. The molecule has 2 unspecified atom stereocenters. The third kappa shape index (κ3) is 3.28. The molecule has 1 rings (SSSR count). The van der Waals surface area contributed by atoms with E-state index in [9.17, 15) is 9.90 Å². The summed E-state index contributed by atoms with van der Waals surface area (Å²) in [7, 11) is 0. The van der Waals surface area contributed by atoms with Gasteiger partial charge in [0.2, 0.25) is 0 Å². The van der Waals surface area contributed by atoms with Gasteiger partial charge in [-0.2, -0.15) is 0 Å². The zero-order valence-corrected chi connectivity index (χ0v) is 9.41. The molecule has 2 N–H and O–H groups in total. The number of thiazole rings is 1. The second-order valence-electron chi connectivity index (χ2n) is 3.44. The van der Waals surface area contributed by atoms with Gasteiger partial charge in [0, 0.05) is 6.20 Å². The van der Waals surface area contributed by atoms with E-state index >= 15 is 0 Å². The van der Waals surface area contributed by atoms with E-state index in [1.165, 1.54) is 17.5 Å². The highest BCUT2D eigenvalue weighted by molar-refractivity contribution is 7.09. The molecule has 0 saturated carbocycles. The van der Waals surface area contributed by atoms with Crippen LogP contribution in [0.3, 0.4) is 0 Å². The van der Waals surface area contributed by atoms with Crippen LogP contribution in [-0.2, 0) is 4.79 Å². The molecular weight excluding hydrogens is 214 g/mol. The number of unbranched alkanes of at least 4 members (excludes halogenated alkanes) is 1. The molecule has 0 aromatic carbocycles. The first-order valence-electron chi connectivity index (χ1n) is 4.96. The Labute approximate surface area is 92.6 Å². The van der Waals surface area contributed by atoms with Gasteiger partial charge < -0.3 is 10.2 Å². The summed E-state index contributed by atoms with van der Waals surface area (Å²) in [6.07, 6.45) is 2.84. The van der Waals surface area contributed by atoms with Gasteiger partial charge in [-0.1, -0.05) is 19.8 Å². The number of carboxylic acids is 1. The normalized spacial score (nSPS) is 14.8. The number of aromatic nitrogens is 1. The number of nitrogens with zero attached hydrogens (tertiary/aromatic N) is 1. The highest BCUT2D eigenvalue weighted by Crippen LogP contribution is 2.28. The highest BCUT2D eigenvalue weighted by Gasteiger charge is 2.27. The minimum absolute atomic E-state index is 0.505. The summed E-state index contributed by atoms with van der Waals surface area (Å²) in [6, 6.07) is 0. The number of aliphatic carboxylic acids is 1. The first-order valence-corrected chi connectivity index (χ1v) is 5.84. The Morgan fingerprint density at radius 3 is 2.87 bits per heavy atom. The molecule has 1 aromatic rings. The summed E-state index contributed by atoms with van der Waals surface area (Å²) in [6.45, 7) is 2.00. The van der Waals surface area contributed by atoms with Crippen LogP contribution in [0.2, 0.25) is 0 Å². The fourth-order valence-electron chi connectivity index (χ4n) is 1.41.